The van der Waals surface area contributed by atoms with Gasteiger partial charge in [-0.2, -0.15) is 12.1 Å². The number of unbranched alkanes of at least 4 members (excludes halogenated alkanes) is 3. The number of aryl methyl sites for hydroxylation is 2. The molecule has 0 aromatic heterocycles. The molecule has 0 aliphatic heterocycles. The molecular weight excluding hydrogens is 635 g/mol. The van der Waals surface area contributed by atoms with Gasteiger partial charge in [0.2, 0.25) is 0 Å². The number of hydrogen-bond acceptors (Lipinski definition) is 0. The first kappa shape index (κ1) is 39.0. The molecule has 0 unspecified atom stereocenters. The summed E-state index contributed by atoms with van der Waals surface area (Å²) in [6.07, 6.45) is 5.54. The number of fused-ring (bicyclic) bond motifs is 4. The van der Waals surface area contributed by atoms with Crippen molar-refractivity contribution in [1.82, 2.24) is 0 Å². The molecular formula is C37H41Cl2SiZr. The zero-order valence-corrected chi connectivity index (χ0v) is 29.9. The van der Waals surface area contributed by atoms with Crippen LogP contribution in [0.3, 0.4) is 0 Å². The minimum atomic E-state index is 0. The zero-order chi connectivity index (χ0) is 27.3. The Labute approximate surface area is 283 Å². The van der Waals surface area contributed by atoms with Crippen LogP contribution in [-0.4, -0.2) is 10.2 Å². The van der Waals surface area contributed by atoms with Crippen LogP contribution < -0.4 is 24.8 Å². The van der Waals surface area contributed by atoms with Gasteiger partial charge in [0.1, 0.15) is 0 Å². The van der Waals surface area contributed by atoms with Crippen molar-refractivity contribution in [2.24, 2.45) is 0 Å². The van der Waals surface area contributed by atoms with E-state index >= 15 is 0 Å². The molecule has 0 N–H and O–H groups in total. The van der Waals surface area contributed by atoms with Crippen molar-refractivity contribution in [2.45, 2.75) is 59.9 Å². The van der Waals surface area contributed by atoms with E-state index in [0.717, 1.165) is 0 Å². The maximum atomic E-state index is 2.97. The zero-order valence-electron chi connectivity index (χ0n) is 25.0. The molecule has 6 aromatic rings. The molecule has 0 fully saturated rings. The van der Waals surface area contributed by atoms with Crippen LogP contribution >= 0.6 is 0 Å². The Morgan fingerprint density at radius 2 is 1.10 bits per heavy atom. The molecule has 0 bridgehead atoms. The first-order valence-electron chi connectivity index (χ1n) is 13.9. The molecule has 0 spiro atoms. The van der Waals surface area contributed by atoms with Gasteiger partial charge in [-0.25, -0.2) is 0 Å². The smallest absolute Gasteiger partial charge is 1.00 e. The number of halogens is 2. The maximum Gasteiger partial charge on any atom is 4.00 e. The SMILES string of the molecule is CCCCCC.C[Si].Cc1cc2c(-c3ccccc3)cccc2[cH-]1.Cc1cc2c(ccc3ccccc32)[cH-]1.[Cl-].[Cl-].[Zr+4]. The fourth-order valence-corrected chi connectivity index (χ4v) is 4.87. The minimum Gasteiger partial charge on any atom is -1.00 e. The number of rotatable bonds is 4. The third kappa shape index (κ3) is 11.0. The van der Waals surface area contributed by atoms with Crippen LogP contribution in [0.4, 0.5) is 0 Å². The van der Waals surface area contributed by atoms with Crippen LogP contribution in [0.25, 0.3) is 43.4 Å². The van der Waals surface area contributed by atoms with Crippen LogP contribution in [-0.2, 0) is 26.2 Å². The largest absolute Gasteiger partial charge is 4.00 e. The molecule has 3 radical (unpaired) electrons. The second-order valence-electron chi connectivity index (χ2n) is 9.74. The standard InChI is InChI=1S/C16H13.C14H11.C6H14.CH3Si.2ClH.Zr/c1-12-10-14-8-5-9-15(16(14)11-12)13-6-3-2-4-7-13;1-10-8-12-7-6-11-4-2-3-5-13(11)14(12)9-10;1-3-5-6-4-2;1-2;;;/h2-11H,1H3;2-9H,1H3;3-6H2,1-2H3;1H3;2*1H;/q2*-1;;;;;+4/p-2. The third-order valence-corrected chi connectivity index (χ3v) is 6.70. The van der Waals surface area contributed by atoms with Gasteiger partial charge in [0.25, 0.3) is 0 Å². The van der Waals surface area contributed by atoms with Crippen molar-refractivity contribution < 1.29 is 51.0 Å². The Morgan fingerprint density at radius 3 is 1.71 bits per heavy atom. The predicted molar refractivity (Wildman–Crippen MR) is 173 cm³/mol. The minimum absolute atomic E-state index is 0. The van der Waals surface area contributed by atoms with E-state index in [2.05, 4.69) is 147 Å². The topological polar surface area (TPSA) is 0 Å². The van der Waals surface area contributed by atoms with Crippen molar-refractivity contribution >= 4 is 42.6 Å². The summed E-state index contributed by atoms with van der Waals surface area (Å²) in [6.45, 7) is 10.6. The number of benzene rings is 4. The average Bonchev–Trinajstić information content (AvgIpc) is 3.55. The van der Waals surface area contributed by atoms with E-state index in [1.807, 2.05) is 0 Å². The monoisotopic (exact) mass is 673 g/mol. The second-order valence-corrected chi connectivity index (χ2v) is 9.74. The van der Waals surface area contributed by atoms with E-state index in [-0.39, 0.29) is 51.0 Å². The summed E-state index contributed by atoms with van der Waals surface area (Å²) in [5, 5.41) is 8.09. The first-order valence-corrected chi connectivity index (χ1v) is 14.9. The summed E-state index contributed by atoms with van der Waals surface area (Å²) in [4.78, 5) is 0. The molecule has 6 aromatic carbocycles. The molecule has 6 rings (SSSR count). The molecule has 0 amide bonds. The van der Waals surface area contributed by atoms with E-state index in [1.54, 1.807) is 6.55 Å². The Bertz CT molecular complexity index is 1530. The first-order chi connectivity index (χ1) is 18.6. The van der Waals surface area contributed by atoms with Crippen molar-refractivity contribution in [3.05, 3.63) is 120 Å². The van der Waals surface area contributed by atoms with Gasteiger partial charge < -0.3 is 24.8 Å². The molecule has 0 saturated heterocycles. The van der Waals surface area contributed by atoms with E-state index in [0.29, 0.717) is 0 Å². The Morgan fingerprint density at radius 1 is 0.561 bits per heavy atom. The van der Waals surface area contributed by atoms with E-state index in [1.165, 1.54) is 80.3 Å². The normalized spacial score (nSPS) is 9.51. The maximum absolute atomic E-state index is 2.97. The average molecular weight is 676 g/mol. The van der Waals surface area contributed by atoms with Gasteiger partial charge >= 0.3 is 26.2 Å². The molecule has 0 atom stereocenters. The van der Waals surface area contributed by atoms with Crippen LogP contribution in [0, 0.1) is 13.8 Å². The molecule has 0 nitrogen and oxygen atoms in total. The summed E-state index contributed by atoms with van der Waals surface area (Å²) in [6, 6.07) is 39.0. The summed E-state index contributed by atoms with van der Waals surface area (Å²) in [5.41, 5.74) is 5.29. The predicted octanol–water partition coefficient (Wildman–Crippen LogP) is 5.35. The van der Waals surface area contributed by atoms with Gasteiger partial charge in [-0.15, -0.1) is 63.0 Å². The van der Waals surface area contributed by atoms with Crippen molar-refractivity contribution in [3.63, 3.8) is 0 Å². The third-order valence-electron chi connectivity index (χ3n) is 6.70. The van der Waals surface area contributed by atoms with Gasteiger partial charge in [-0.3, -0.25) is 0 Å². The van der Waals surface area contributed by atoms with Gasteiger partial charge in [-0.1, -0.05) is 138 Å². The van der Waals surface area contributed by atoms with Crippen LogP contribution in [0.1, 0.15) is 50.7 Å². The Balaban J connectivity index is 0.000000592. The van der Waals surface area contributed by atoms with Crippen molar-refractivity contribution in [1.29, 1.82) is 0 Å². The fourth-order valence-electron chi connectivity index (χ4n) is 4.87. The second kappa shape index (κ2) is 20.8. The Kier molecular flexibility index (Phi) is 19.8. The summed E-state index contributed by atoms with van der Waals surface area (Å²) >= 11 is 0. The van der Waals surface area contributed by atoms with Gasteiger partial charge in [-0.05, 0) is 10.9 Å². The molecule has 211 valence electrons. The van der Waals surface area contributed by atoms with Crippen LogP contribution in [0.15, 0.2) is 109 Å². The van der Waals surface area contributed by atoms with Crippen molar-refractivity contribution in [3.8, 4) is 11.1 Å². The van der Waals surface area contributed by atoms with Crippen LogP contribution in [0.5, 0.6) is 0 Å². The molecule has 0 saturated carbocycles. The Hall–Kier alpha value is -1.96. The van der Waals surface area contributed by atoms with E-state index in [4.69, 9.17) is 0 Å². The molecule has 41 heavy (non-hydrogen) atoms. The van der Waals surface area contributed by atoms with Gasteiger partial charge in [0.05, 0.1) is 0 Å². The van der Waals surface area contributed by atoms with E-state index < -0.39 is 0 Å². The number of hydrogen-bond donors (Lipinski definition) is 0. The molecule has 0 aliphatic rings. The van der Waals surface area contributed by atoms with Gasteiger partial charge in [0.15, 0.2) is 0 Å². The molecule has 4 heteroatoms. The van der Waals surface area contributed by atoms with Crippen LogP contribution in [0.2, 0.25) is 6.55 Å². The molecule has 0 heterocycles. The summed E-state index contributed by atoms with van der Waals surface area (Å²) < 4.78 is 0. The van der Waals surface area contributed by atoms with E-state index in [9.17, 15) is 0 Å². The molecule has 0 aliphatic carbocycles. The van der Waals surface area contributed by atoms with Crippen molar-refractivity contribution in [2.75, 3.05) is 0 Å². The quantitative estimate of drug-likeness (QED) is 0.134. The fraction of sp³-hybridized carbons (Fsp3) is 0.243. The summed E-state index contributed by atoms with van der Waals surface area (Å²) in [7, 11) is 2.97. The summed E-state index contributed by atoms with van der Waals surface area (Å²) in [5.74, 6) is 0. The van der Waals surface area contributed by atoms with Gasteiger partial charge in [0, 0.05) is 10.2 Å².